The maximum atomic E-state index is 10.8. The molecule has 2 aromatic rings. The summed E-state index contributed by atoms with van der Waals surface area (Å²) in [5, 5.41) is 9.93. The Morgan fingerprint density at radius 3 is 3.13 bits per heavy atom. The summed E-state index contributed by atoms with van der Waals surface area (Å²) in [6.45, 7) is 0. The third-order valence-electron chi connectivity index (χ3n) is 2.74. The summed E-state index contributed by atoms with van der Waals surface area (Å²) in [6.07, 6.45) is 1.55. The molecule has 1 aromatic heterocycles. The molecule has 0 amide bonds. The lowest BCUT2D eigenvalue weighted by atomic mass is 10.1. The minimum absolute atomic E-state index is 0.444. The van der Waals surface area contributed by atoms with E-state index in [-0.39, 0.29) is 0 Å². The quantitative estimate of drug-likeness (QED) is 0.739. The number of carboxylic acid groups (broad SMARTS) is 1. The zero-order chi connectivity index (χ0) is 10.4. The lowest BCUT2D eigenvalue weighted by Gasteiger charge is -2.02. The molecule has 4 nitrogen and oxygen atoms in total. The minimum Gasteiger partial charge on any atom is -0.478 e. The van der Waals surface area contributed by atoms with Crippen LogP contribution in [0.1, 0.15) is 5.56 Å². The van der Waals surface area contributed by atoms with E-state index in [4.69, 9.17) is 9.84 Å². The average molecular weight is 203 g/mol. The third-order valence-corrected chi connectivity index (χ3v) is 2.74. The standard InChI is InChI=1S/C11H9NO3/c13-11(14)10-5-7-6-3-4-12-8(6)1-2-9(7)15-10/h1-4,10,12H,5H2,(H,13,14). The molecular formula is C11H9NO3. The number of fused-ring (bicyclic) bond motifs is 3. The monoisotopic (exact) mass is 203 g/mol. The van der Waals surface area contributed by atoms with Gasteiger partial charge in [0.05, 0.1) is 0 Å². The number of carbonyl (C=O) groups is 1. The van der Waals surface area contributed by atoms with Crippen molar-refractivity contribution in [1.29, 1.82) is 0 Å². The molecule has 0 spiro atoms. The highest BCUT2D eigenvalue weighted by Crippen LogP contribution is 2.34. The van der Waals surface area contributed by atoms with E-state index in [1.54, 1.807) is 0 Å². The summed E-state index contributed by atoms with van der Waals surface area (Å²) in [4.78, 5) is 13.9. The molecule has 0 saturated carbocycles. The number of aromatic amines is 1. The molecule has 4 heteroatoms. The summed E-state index contributed by atoms with van der Waals surface area (Å²) in [6, 6.07) is 5.66. The van der Waals surface area contributed by atoms with Crippen molar-refractivity contribution in [2.45, 2.75) is 12.5 Å². The highest BCUT2D eigenvalue weighted by Gasteiger charge is 2.30. The van der Waals surface area contributed by atoms with E-state index < -0.39 is 12.1 Å². The molecule has 2 N–H and O–H groups in total. The fourth-order valence-electron chi connectivity index (χ4n) is 2.01. The zero-order valence-corrected chi connectivity index (χ0v) is 7.86. The Balaban J connectivity index is 2.15. The van der Waals surface area contributed by atoms with Crippen LogP contribution in [0.3, 0.4) is 0 Å². The maximum absolute atomic E-state index is 10.8. The smallest absolute Gasteiger partial charge is 0.345 e. The number of hydrogen-bond acceptors (Lipinski definition) is 2. The molecule has 0 radical (unpaired) electrons. The van der Waals surface area contributed by atoms with Crippen LogP contribution in [-0.2, 0) is 11.2 Å². The first kappa shape index (κ1) is 8.35. The number of aromatic nitrogens is 1. The zero-order valence-electron chi connectivity index (χ0n) is 7.86. The Labute approximate surface area is 85.5 Å². The van der Waals surface area contributed by atoms with Crippen molar-refractivity contribution in [3.8, 4) is 5.75 Å². The molecule has 1 aromatic carbocycles. The van der Waals surface area contributed by atoms with E-state index in [2.05, 4.69) is 4.98 Å². The Morgan fingerprint density at radius 1 is 1.47 bits per heavy atom. The van der Waals surface area contributed by atoms with E-state index in [0.717, 1.165) is 16.5 Å². The first-order valence-electron chi connectivity index (χ1n) is 4.74. The molecule has 1 unspecified atom stereocenters. The second-order valence-electron chi connectivity index (χ2n) is 3.63. The van der Waals surface area contributed by atoms with Crippen molar-refractivity contribution < 1.29 is 14.6 Å². The molecule has 1 atom stereocenters. The Morgan fingerprint density at radius 2 is 2.33 bits per heavy atom. The largest absolute Gasteiger partial charge is 0.478 e. The van der Waals surface area contributed by atoms with E-state index in [0.29, 0.717) is 12.2 Å². The van der Waals surface area contributed by atoms with Gasteiger partial charge in [0.1, 0.15) is 5.75 Å². The van der Waals surface area contributed by atoms with Gasteiger partial charge in [0.2, 0.25) is 0 Å². The van der Waals surface area contributed by atoms with Crippen molar-refractivity contribution in [3.63, 3.8) is 0 Å². The third kappa shape index (κ3) is 1.11. The minimum atomic E-state index is -0.908. The predicted molar refractivity (Wildman–Crippen MR) is 54.1 cm³/mol. The van der Waals surface area contributed by atoms with E-state index in [1.165, 1.54) is 0 Å². The Hall–Kier alpha value is -1.97. The number of hydrogen-bond donors (Lipinski definition) is 2. The van der Waals surface area contributed by atoms with Gasteiger partial charge in [-0.1, -0.05) is 0 Å². The van der Waals surface area contributed by atoms with E-state index in [9.17, 15) is 4.79 Å². The van der Waals surface area contributed by atoms with Crippen molar-refractivity contribution in [2.75, 3.05) is 0 Å². The van der Waals surface area contributed by atoms with Crippen LogP contribution in [-0.4, -0.2) is 22.2 Å². The van der Waals surface area contributed by atoms with Crippen LogP contribution in [0.4, 0.5) is 0 Å². The van der Waals surface area contributed by atoms with E-state index >= 15 is 0 Å². The summed E-state index contributed by atoms with van der Waals surface area (Å²) in [7, 11) is 0. The molecule has 0 fully saturated rings. The topological polar surface area (TPSA) is 62.3 Å². The van der Waals surface area contributed by atoms with Gasteiger partial charge in [-0.3, -0.25) is 0 Å². The number of benzene rings is 1. The lowest BCUT2D eigenvalue weighted by molar-refractivity contribution is -0.144. The van der Waals surface area contributed by atoms with Crippen molar-refractivity contribution in [1.82, 2.24) is 4.98 Å². The van der Waals surface area contributed by atoms with Gasteiger partial charge in [-0.05, 0) is 18.2 Å². The molecule has 0 aliphatic carbocycles. The molecule has 2 heterocycles. The fraction of sp³-hybridized carbons (Fsp3) is 0.182. The Bertz CT molecular complexity index is 544. The van der Waals surface area contributed by atoms with Crippen molar-refractivity contribution in [3.05, 3.63) is 30.0 Å². The fourth-order valence-corrected chi connectivity index (χ4v) is 2.01. The van der Waals surface area contributed by atoms with Crippen molar-refractivity contribution >= 4 is 16.9 Å². The van der Waals surface area contributed by atoms with Gasteiger partial charge in [-0.25, -0.2) is 4.79 Å². The van der Waals surface area contributed by atoms with Crippen LogP contribution in [0.5, 0.6) is 5.75 Å². The number of carboxylic acids is 1. The number of ether oxygens (including phenoxy) is 1. The first-order chi connectivity index (χ1) is 7.25. The predicted octanol–water partition coefficient (Wildman–Crippen LogP) is 1.56. The van der Waals surface area contributed by atoms with Gasteiger partial charge in [0, 0.05) is 29.1 Å². The molecule has 0 bridgehead atoms. The molecular weight excluding hydrogens is 194 g/mol. The summed E-state index contributed by atoms with van der Waals surface area (Å²) < 4.78 is 5.33. The average Bonchev–Trinajstić information content (AvgIpc) is 2.82. The molecule has 1 aliphatic heterocycles. The molecule has 15 heavy (non-hydrogen) atoms. The van der Waals surface area contributed by atoms with Crippen LogP contribution in [0, 0.1) is 0 Å². The van der Waals surface area contributed by atoms with Gasteiger partial charge in [0.25, 0.3) is 0 Å². The normalized spacial score (nSPS) is 18.8. The van der Waals surface area contributed by atoms with Gasteiger partial charge in [-0.15, -0.1) is 0 Å². The number of rotatable bonds is 1. The first-order valence-corrected chi connectivity index (χ1v) is 4.74. The SMILES string of the molecule is O=C(O)C1Cc2c(ccc3[nH]ccc23)O1. The van der Waals surface area contributed by atoms with Crippen molar-refractivity contribution in [2.24, 2.45) is 0 Å². The second-order valence-corrected chi connectivity index (χ2v) is 3.63. The van der Waals surface area contributed by atoms with Gasteiger partial charge in [-0.2, -0.15) is 0 Å². The molecule has 1 aliphatic rings. The highest BCUT2D eigenvalue weighted by molar-refractivity contribution is 5.87. The van der Waals surface area contributed by atoms with Crippen LogP contribution < -0.4 is 4.74 Å². The number of nitrogens with one attached hydrogen (secondary N) is 1. The lowest BCUT2D eigenvalue weighted by Crippen LogP contribution is -2.24. The van der Waals surface area contributed by atoms with Crippen LogP contribution >= 0.6 is 0 Å². The number of aliphatic carboxylic acids is 1. The summed E-state index contributed by atoms with van der Waals surface area (Å²) in [5.74, 6) is -0.218. The molecule has 0 saturated heterocycles. The summed E-state index contributed by atoms with van der Waals surface area (Å²) in [5.41, 5.74) is 2.00. The van der Waals surface area contributed by atoms with Crippen LogP contribution in [0.15, 0.2) is 24.4 Å². The van der Waals surface area contributed by atoms with Crippen LogP contribution in [0.25, 0.3) is 10.9 Å². The van der Waals surface area contributed by atoms with E-state index in [1.807, 2.05) is 24.4 Å². The summed E-state index contributed by atoms with van der Waals surface area (Å²) >= 11 is 0. The number of H-pyrrole nitrogens is 1. The highest BCUT2D eigenvalue weighted by atomic mass is 16.5. The van der Waals surface area contributed by atoms with Crippen LogP contribution in [0.2, 0.25) is 0 Å². The molecule has 3 rings (SSSR count). The molecule has 76 valence electrons. The van der Waals surface area contributed by atoms with Gasteiger partial charge >= 0.3 is 5.97 Å². The van der Waals surface area contributed by atoms with Gasteiger partial charge in [0.15, 0.2) is 6.10 Å². The Kier molecular flexibility index (Phi) is 1.54. The maximum Gasteiger partial charge on any atom is 0.345 e. The second kappa shape index (κ2) is 2.76. The van der Waals surface area contributed by atoms with Gasteiger partial charge < -0.3 is 14.8 Å².